The van der Waals surface area contributed by atoms with Crippen LogP contribution in [0.1, 0.15) is 0 Å². The van der Waals surface area contributed by atoms with Gasteiger partial charge in [0.2, 0.25) is 0 Å². The summed E-state index contributed by atoms with van der Waals surface area (Å²) in [4.78, 5) is 24.3. The van der Waals surface area contributed by atoms with E-state index >= 15 is 0 Å². The molecule has 7 heteroatoms. The van der Waals surface area contributed by atoms with Crippen molar-refractivity contribution in [3.63, 3.8) is 0 Å². The minimum Gasteiger partial charge on any atom is 2.00 e. The van der Waals surface area contributed by atoms with Crippen molar-refractivity contribution in [3.05, 3.63) is 0 Å². The van der Waals surface area contributed by atoms with Gasteiger partial charge in [-0.3, -0.25) is 0 Å². The first-order chi connectivity index (χ1) is 2.00. The Bertz CT molecular complexity index is 57.8. The molecule has 0 saturated carbocycles. The summed E-state index contributed by atoms with van der Waals surface area (Å²) in [5.41, 5.74) is 0. The van der Waals surface area contributed by atoms with E-state index in [2.05, 4.69) is 0 Å². The van der Waals surface area contributed by atoms with E-state index in [9.17, 15) is 0 Å². The minimum atomic E-state index is -5.14. The van der Waals surface area contributed by atoms with E-state index < -0.39 is 7.82 Å². The Morgan fingerprint density at radius 1 is 1.43 bits per heavy atom. The maximum atomic E-state index is 8.66. The van der Waals surface area contributed by atoms with Crippen LogP contribution in [-0.2, 0) is 21.6 Å². The molecule has 0 aliphatic heterocycles. The van der Waals surface area contributed by atoms with E-state index in [1.165, 1.54) is 0 Å². The summed E-state index contributed by atoms with van der Waals surface area (Å²) < 4.78 is 8.66. The Morgan fingerprint density at radius 2 is 1.43 bits per heavy atom. The van der Waals surface area contributed by atoms with Gasteiger partial charge < -0.3 is 19.2 Å². The predicted molar refractivity (Wildman–Crippen MR) is 19.8 cm³/mol. The molecule has 0 spiro atoms. The van der Waals surface area contributed by atoms with Gasteiger partial charge in [-0.2, -0.15) is 0 Å². The van der Waals surface area contributed by atoms with Gasteiger partial charge in [-0.25, -0.2) is 0 Å². The molecule has 0 aliphatic rings. The minimum absolute atomic E-state index is 0. The molecule has 0 radical (unpaired) electrons. The summed E-state index contributed by atoms with van der Waals surface area (Å²) in [6.07, 6.45) is 0. The van der Waals surface area contributed by atoms with Crippen LogP contribution in [0.15, 0.2) is 0 Å². The van der Waals surface area contributed by atoms with Crippen LogP contribution in [0.5, 0.6) is 0 Å². The Labute approximate surface area is 62.3 Å². The second-order valence-electron chi connectivity index (χ2n) is 0.469. The van der Waals surface area contributed by atoms with Gasteiger partial charge >= 0.3 is 35.0 Å². The molecule has 0 saturated heterocycles. The van der Waals surface area contributed by atoms with Gasteiger partial charge in [-0.1, -0.05) is 0 Å². The van der Waals surface area contributed by atoms with Gasteiger partial charge in [0.05, 0.1) is 7.82 Å². The fourth-order valence-corrected chi connectivity index (χ4v) is 0. The van der Waals surface area contributed by atoms with Crippen molar-refractivity contribution in [1.29, 1.82) is 0 Å². The van der Waals surface area contributed by atoms with Crippen LogP contribution in [0.4, 0.5) is 0 Å². The largest absolute Gasteiger partial charge is 2.00 e. The Kier molecular flexibility index (Phi) is 12.0. The number of rotatable bonds is 0. The molecule has 1 unspecified atom stereocenters. The van der Waals surface area contributed by atoms with Gasteiger partial charge in [0.25, 0.3) is 0 Å². The SMILES string of the molecule is O=P([O-])([O-])O.[AsH3].[Fe+2]. The molecule has 1 N–H and O–H groups in total. The quantitative estimate of drug-likeness (QED) is 0.347. The molecule has 4 nitrogen and oxygen atoms in total. The zero-order valence-electron chi connectivity index (χ0n) is 3.18. The third-order valence-corrected chi connectivity index (χ3v) is 0. The number of phosphoric acid groups is 1. The maximum absolute atomic E-state index is 8.66. The molecule has 0 aromatic rings. The van der Waals surface area contributed by atoms with Crippen molar-refractivity contribution in [1.82, 2.24) is 0 Å². The Morgan fingerprint density at radius 3 is 1.43 bits per heavy atom. The molecule has 0 aliphatic carbocycles. The van der Waals surface area contributed by atoms with Crippen LogP contribution in [0.25, 0.3) is 0 Å². The molecule has 0 rings (SSSR count). The van der Waals surface area contributed by atoms with E-state index in [1.807, 2.05) is 0 Å². The maximum Gasteiger partial charge on any atom is 2.00 e. The predicted octanol–water partition coefficient (Wildman–Crippen LogP) is -3.38. The molecule has 0 bridgehead atoms. The molecule has 0 fully saturated rings. The summed E-state index contributed by atoms with van der Waals surface area (Å²) in [7, 11) is -5.14. The van der Waals surface area contributed by atoms with Crippen LogP contribution in [-0.4, -0.2) is 22.8 Å². The van der Waals surface area contributed by atoms with E-state index in [1.54, 1.807) is 0 Å². The van der Waals surface area contributed by atoms with Crippen LogP contribution < -0.4 is 9.79 Å². The van der Waals surface area contributed by atoms with Gasteiger partial charge in [0.1, 0.15) is 0 Å². The van der Waals surface area contributed by atoms with Gasteiger partial charge in [0.15, 0.2) is 0 Å². The second kappa shape index (κ2) is 5.33. The van der Waals surface area contributed by atoms with E-state index in [0.29, 0.717) is 0 Å². The van der Waals surface area contributed by atoms with E-state index in [4.69, 9.17) is 19.2 Å². The molecule has 7 heavy (non-hydrogen) atoms. The summed E-state index contributed by atoms with van der Waals surface area (Å²) in [5.74, 6) is 0. The van der Waals surface area contributed by atoms with Crippen molar-refractivity contribution >= 4 is 25.8 Å². The first-order valence-electron chi connectivity index (χ1n) is 0.748. The molecular formula is H4AsFeO4P. The van der Waals surface area contributed by atoms with Crippen molar-refractivity contribution in [2.75, 3.05) is 0 Å². The van der Waals surface area contributed by atoms with Gasteiger partial charge in [0, 0.05) is 0 Å². The van der Waals surface area contributed by atoms with Crippen molar-refractivity contribution < 1.29 is 36.3 Å². The zero-order valence-corrected chi connectivity index (χ0v) is 8.15. The average Bonchev–Trinajstić information content (AvgIpc) is 0.722. The standard InChI is InChI=1S/AsH3.Fe.H3O4P/c;;1-5(2,3)4/h1H3;;(H3,1,2,3,4)/q;+2;/p-2. The summed E-state index contributed by atoms with van der Waals surface area (Å²) >= 11 is 0. The summed E-state index contributed by atoms with van der Waals surface area (Å²) in [5, 5.41) is 0. The fourth-order valence-electron chi connectivity index (χ4n) is 0. The Hall–Kier alpha value is 1.19. The van der Waals surface area contributed by atoms with Crippen molar-refractivity contribution in [2.24, 2.45) is 0 Å². The van der Waals surface area contributed by atoms with E-state index in [-0.39, 0.29) is 35.0 Å². The van der Waals surface area contributed by atoms with Crippen LogP contribution in [0, 0.1) is 0 Å². The van der Waals surface area contributed by atoms with Crippen molar-refractivity contribution in [2.45, 2.75) is 0 Å². The molecule has 0 aromatic heterocycles. The second-order valence-corrected chi connectivity index (χ2v) is 1.41. The normalized spacial score (nSPS) is 8.43. The topological polar surface area (TPSA) is 83.4 Å². The molecule has 0 aromatic carbocycles. The number of hydrogen-bond acceptors (Lipinski definition) is 3. The monoisotopic (exact) mass is 230 g/mol. The summed E-state index contributed by atoms with van der Waals surface area (Å²) in [6, 6.07) is 0. The average molecular weight is 230 g/mol. The van der Waals surface area contributed by atoms with E-state index in [0.717, 1.165) is 0 Å². The zero-order chi connectivity index (χ0) is 4.50. The summed E-state index contributed by atoms with van der Waals surface area (Å²) in [6.45, 7) is 0. The molecule has 0 amide bonds. The third-order valence-electron chi connectivity index (χ3n) is 0. The van der Waals surface area contributed by atoms with Gasteiger partial charge in [-0.15, -0.1) is 0 Å². The molecule has 46 valence electrons. The van der Waals surface area contributed by atoms with Crippen LogP contribution in [0.2, 0.25) is 0 Å². The first-order valence-corrected chi connectivity index (χ1v) is 2.24. The smallest absolute Gasteiger partial charge is 2.00 e. The third kappa shape index (κ3) is 137. The Balaban J connectivity index is -0.0000000800. The number of hydrogen-bond donors (Lipinski definition) is 1. The first kappa shape index (κ1) is 15.7. The fraction of sp³-hybridized carbons (Fsp3) is 0. The van der Waals surface area contributed by atoms with Gasteiger partial charge in [-0.05, 0) is 0 Å². The van der Waals surface area contributed by atoms with Crippen LogP contribution in [0.3, 0.4) is 0 Å². The van der Waals surface area contributed by atoms with Crippen LogP contribution >= 0.6 is 7.82 Å². The molecule has 0 heterocycles. The molecule has 1 atom stereocenters. The molecular weight excluding hydrogens is 226 g/mol. The van der Waals surface area contributed by atoms with Crippen molar-refractivity contribution in [3.8, 4) is 0 Å².